The van der Waals surface area contributed by atoms with E-state index in [0.717, 1.165) is 4.90 Å². The number of Topliss-reactive ketones (excluding diaryl/α,β-unsaturated/α-hetero) is 1. The summed E-state index contributed by atoms with van der Waals surface area (Å²) in [6.45, 7) is -0.948. The van der Waals surface area contributed by atoms with E-state index in [1.807, 2.05) is 0 Å². The van der Waals surface area contributed by atoms with Crippen molar-refractivity contribution in [2.45, 2.75) is 5.60 Å². The molecule has 2 rings (SSSR count). The summed E-state index contributed by atoms with van der Waals surface area (Å²) in [5.74, 6) is -0.553. The van der Waals surface area contributed by atoms with Crippen LogP contribution in [-0.2, 0) is 15.1 Å². The molecule has 1 fully saturated rings. The highest BCUT2D eigenvalue weighted by Crippen LogP contribution is 2.33. The average Bonchev–Trinajstić information content (AvgIpc) is 2.62. The Hall–Kier alpha value is -1.34. The summed E-state index contributed by atoms with van der Waals surface area (Å²) in [4.78, 5) is 24.4. The van der Waals surface area contributed by atoms with E-state index in [-0.39, 0.29) is 24.7 Å². The predicted octanol–water partition coefficient (Wildman–Crippen LogP) is 1.76. The molecule has 0 aromatic heterocycles. The number of hydrogen-bond donors (Lipinski definition) is 2. The Morgan fingerprint density at radius 1 is 1.38 bits per heavy atom. The summed E-state index contributed by atoms with van der Waals surface area (Å²) in [5.41, 5.74) is -1.28. The van der Waals surface area contributed by atoms with Crippen LogP contribution in [0.25, 0.3) is 0 Å². The molecule has 0 aliphatic carbocycles. The first-order chi connectivity index (χ1) is 9.90. The quantitative estimate of drug-likeness (QED) is 0.861. The molecule has 0 saturated carbocycles. The van der Waals surface area contributed by atoms with Crippen LogP contribution in [0.2, 0.25) is 10.0 Å². The number of carbonyl (C=O) groups excluding carboxylic acids is 1. The van der Waals surface area contributed by atoms with Crippen molar-refractivity contribution in [2.24, 2.45) is 0 Å². The van der Waals surface area contributed by atoms with Gasteiger partial charge in [-0.05, 0) is 17.7 Å². The van der Waals surface area contributed by atoms with E-state index in [0.29, 0.717) is 10.6 Å². The molecule has 8 heteroatoms. The number of ether oxygens (including phenoxy) is 1. The Kier molecular flexibility index (Phi) is 4.73. The number of ketones is 1. The minimum atomic E-state index is -1.63. The number of hydrogen-bond acceptors (Lipinski definition) is 4. The summed E-state index contributed by atoms with van der Waals surface area (Å²) in [6, 6.07) is 4.46. The number of aliphatic hydroxyl groups is 1. The Morgan fingerprint density at radius 2 is 2.10 bits per heavy atom. The van der Waals surface area contributed by atoms with Crippen molar-refractivity contribution in [3.8, 4) is 0 Å². The number of benzene rings is 1. The van der Waals surface area contributed by atoms with Crippen molar-refractivity contribution >= 4 is 35.1 Å². The van der Waals surface area contributed by atoms with Crippen LogP contribution in [0, 0.1) is 0 Å². The third-order valence-electron chi connectivity index (χ3n) is 3.37. The van der Waals surface area contributed by atoms with Crippen LogP contribution in [0.15, 0.2) is 18.2 Å². The molecule has 0 spiro atoms. The lowest BCUT2D eigenvalue weighted by Gasteiger charge is -2.29. The van der Waals surface area contributed by atoms with Gasteiger partial charge in [0.25, 0.3) is 0 Å². The van der Waals surface area contributed by atoms with E-state index in [9.17, 15) is 14.7 Å². The van der Waals surface area contributed by atoms with Crippen LogP contribution < -0.4 is 0 Å². The summed E-state index contributed by atoms with van der Waals surface area (Å²) in [5, 5.41) is 19.2. The maximum Gasteiger partial charge on any atom is 0.407 e. The number of halogens is 2. The lowest BCUT2D eigenvalue weighted by atomic mass is 9.89. The van der Waals surface area contributed by atoms with Crippen molar-refractivity contribution in [2.75, 3.05) is 26.3 Å². The van der Waals surface area contributed by atoms with E-state index >= 15 is 0 Å². The Labute approximate surface area is 130 Å². The van der Waals surface area contributed by atoms with Crippen molar-refractivity contribution < 1.29 is 24.5 Å². The van der Waals surface area contributed by atoms with Gasteiger partial charge in [0.05, 0.1) is 29.8 Å². The number of rotatable bonds is 2. The van der Waals surface area contributed by atoms with E-state index in [2.05, 4.69) is 0 Å². The minimum absolute atomic E-state index is 0.0150. The van der Waals surface area contributed by atoms with Gasteiger partial charge in [-0.3, -0.25) is 9.69 Å². The molecule has 0 radical (unpaired) electrons. The zero-order valence-corrected chi connectivity index (χ0v) is 12.4. The van der Waals surface area contributed by atoms with Crippen molar-refractivity contribution in [1.82, 2.24) is 4.90 Å². The van der Waals surface area contributed by atoms with E-state index in [1.165, 1.54) is 18.2 Å². The number of aliphatic hydroxyl groups excluding tert-OH is 1. The standard InChI is InChI=1S/C13H13Cl2NO5/c14-9-2-1-8(5-10(9)15)13(7-17)11(18)6-16(12(19)20)3-4-21-13/h1-2,5,17H,3-4,6-7H2,(H,19,20). The molecule has 1 unspecified atom stereocenters. The lowest BCUT2D eigenvalue weighted by Crippen LogP contribution is -2.45. The fraction of sp³-hybridized carbons (Fsp3) is 0.385. The maximum absolute atomic E-state index is 12.4. The number of nitrogens with zero attached hydrogens (tertiary/aromatic N) is 1. The number of carboxylic acid groups (broad SMARTS) is 1. The van der Waals surface area contributed by atoms with Gasteiger partial charge in [-0.15, -0.1) is 0 Å². The lowest BCUT2D eigenvalue weighted by molar-refractivity contribution is -0.148. The smallest absolute Gasteiger partial charge is 0.407 e. The third kappa shape index (κ3) is 2.98. The van der Waals surface area contributed by atoms with E-state index < -0.39 is 24.1 Å². The van der Waals surface area contributed by atoms with Crippen LogP contribution in [0.5, 0.6) is 0 Å². The molecule has 0 bridgehead atoms. The van der Waals surface area contributed by atoms with Crippen molar-refractivity contribution in [1.29, 1.82) is 0 Å². The van der Waals surface area contributed by atoms with Gasteiger partial charge in [0, 0.05) is 6.54 Å². The molecule has 1 aliphatic heterocycles. The molecule has 1 aromatic rings. The highest BCUT2D eigenvalue weighted by Gasteiger charge is 2.44. The predicted molar refractivity (Wildman–Crippen MR) is 75.8 cm³/mol. The first-order valence-electron chi connectivity index (χ1n) is 6.12. The van der Waals surface area contributed by atoms with Gasteiger partial charge in [-0.2, -0.15) is 0 Å². The third-order valence-corrected chi connectivity index (χ3v) is 4.11. The Balaban J connectivity index is 2.42. The highest BCUT2D eigenvalue weighted by molar-refractivity contribution is 6.42. The molecule has 1 atom stereocenters. The van der Waals surface area contributed by atoms with Crippen molar-refractivity contribution in [3.63, 3.8) is 0 Å². The second-order valence-corrected chi connectivity index (χ2v) is 5.40. The zero-order chi connectivity index (χ0) is 15.6. The molecule has 1 amide bonds. The summed E-state index contributed by atoms with van der Waals surface area (Å²) < 4.78 is 5.51. The summed E-state index contributed by atoms with van der Waals surface area (Å²) in [7, 11) is 0. The van der Waals surface area contributed by atoms with Crippen LogP contribution in [-0.4, -0.2) is 53.3 Å². The van der Waals surface area contributed by atoms with Gasteiger partial charge < -0.3 is 14.9 Å². The molecule has 6 nitrogen and oxygen atoms in total. The van der Waals surface area contributed by atoms with Gasteiger partial charge in [0.2, 0.25) is 0 Å². The van der Waals surface area contributed by atoms with Crippen LogP contribution in [0.4, 0.5) is 4.79 Å². The largest absolute Gasteiger partial charge is 0.465 e. The Morgan fingerprint density at radius 3 is 2.67 bits per heavy atom. The second kappa shape index (κ2) is 6.19. The molecular weight excluding hydrogens is 321 g/mol. The number of amides is 1. The average molecular weight is 334 g/mol. The van der Waals surface area contributed by atoms with E-state index in [1.54, 1.807) is 0 Å². The monoisotopic (exact) mass is 333 g/mol. The molecule has 1 aromatic carbocycles. The molecule has 1 saturated heterocycles. The number of carbonyl (C=O) groups is 2. The van der Waals surface area contributed by atoms with Gasteiger partial charge >= 0.3 is 6.09 Å². The summed E-state index contributed by atoms with van der Waals surface area (Å²) >= 11 is 11.8. The molecular formula is C13H13Cl2NO5. The second-order valence-electron chi connectivity index (χ2n) is 4.59. The fourth-order valence-electron chi connectivity index (χ4n) is 2.17. The molecule has 1 heterocycles. The van der Waals surface area contributed by atoms with E-state index in [4.69, 9.17) is 33.0 Å². The molecule has 1 aliphatic rings. The first-order valence-corrected chi connectivity index (χ1v) is 6.88. The van der Waals surface area contributed by atoms with Crippen LogP contribution in [0.1, 0.15) is 5.56 Å². The van der Waals surface area contributed by atoms with Crippen molar-refractivity contribution in [3.05, 3.63) is 33.8 Å². The topological polar surface area (TPSA) is 87.1 Å². The Bertz CT molecular complexity index is 580. The van der Waals surface area contributed by atoms with Gasteiger partial charge in [0.15, 0.2) is 11.4 Å². The minimum Gasteiger partial charge on any atom is -0.465 e. The first kappa shape index (κ1) is 16.0. The van der Waals surface area contributed by atoms with Gasteiger partial charge in [0.1, 0.15) is 0 Å². The zero-order valence-electron chi connectivity index (χ0n) is 10.9. The fourth-order valence-corrected chi connectivity index (χ4v) is 2.47. The van der Waals surface area contributed by atoms with Gasteiger partial charge in [-0.25, -0.2) is 4.79 Å². The molecule has 114 valence electrons. The van der Waals surface area contributed by atoms with Gasteiger partial charge in [-0.1, -0.05) is 29.3 Å². The van der Waals surface area contributed by atoms with Crippen LogP contribution in [0.3, 0.4) is 0 Å². The SMILES string of the molecule is O=C(O)N1CCOC(CO)(c2ccc(Cl)c(Cl)c2)C(=O)C1. The highest BCUT2D eigenvalue weighted by atomic mass is 35.5. The molecule has 2 N–H and O–H groups in total. The maximum atomic E-state index is 12.4. The molecule has 21 heavy (non-hydrogen) atoms. The van der Waals surface area contributed by atoms with Crippen LogP contribution >= 0.6 is 23.2 Å². The summed E-state index contributed by atoms with van der Waals surface area (Å²) in [6.07, 6.45) is -1.21. The normalized spacial score (nSPS) is 23.0.